The summed E-state index contributed by atoms with van der Waals surface area (Å²) in [5.74, 6) is 2.50. The SMILES string of the molecule is O=C(O)CCCCCCc1nc(NCc2ccc3c(c2)OCCO3)c2c(n1)sc1ccccc12. The number of carboxylic acids is 1. The molecule has 1 aliphatic heterocycles. The average molecular weight is 478 g/mol. The van der Waals surface area contributed by atoms with Gasteiger partial charge < -0.3 is 19.9 Å². The van der Waals surface area contributed by atoms with Crippen LogP contribution in [0.25, 0.3) is 20.3 Å². The summed E-state index contributed by atoms with van der Waals surface area (Å²) in [6, 6.07) is 14.3. The lowest BCUT2D eigenvalue weighted by Gasteiger charge is -2.19. The van der Waals surface area contributed by atoms with Crippen molar-refractivity contribution in [2.45, 2.75) is 45.1 Å². The molecule has 2 aromatic heterocycles. The fourth-order valence-electron chi connectivity index (χ4n) is 4.20. The van der Waals surface area contributed by atoms with Crippen molar-refractivity contribution in [3.05, 3.63) is 53.9 Å². The van der Waals surface area contributed by atoms with Crippen molar-refractivity contribution in [2.24, 2.45) is 0 Å². The fraction of sp³-hybridized carbons (Fsp3) is 0.346. The summed E-state index contributed by atoms with van der Waals surface area (Å²) in [5, 5.41) is 14.6. The Hall–Kier alpha value is -3.39. The zero-order valence-corrected chi connectivity index (χ0v) is 19.7. The highest BCUT2D eigenvalue weighted by Crippen LogP contribution is 2.37. The number of nitrogens with zero attached hydrogens (tertiary/aromatic N) is 2. The van der Waals surface area contributed by atoms with E-state index in [9.17, 15) is 4.79 Å². The van der Waals surface area contributed by atoms with Gasteiger partial charge in [0.1, 0.15) is 29.7 Å². The van der Waals surface area contributed by atoms with Gasteiger partial charge in [-0.25, -0.2) is 9.97 Å². The molecule has 176 valence electrons. The van der Waals surface area contributed by atoms with Crippen LogP contribution >= 0.6 is 11.3 Å². The quantitative estimate of drug-likeness (QED) is 0.279. The second-order valence-corrected chi connectivity index (χ2v) is 9.44. The lowest BCUT2D eigenvalue weighted by Crippen LogP contribution is -2.15. The Morgan fingerprint density at radius 2 is 1.82 bits per heavy atom. The van der Waals surface area contributed by atoms with Crippen molar-refractivity contribution in [1.29, 1.82) is 0 Å². The van der Waals surface area contributed by atoms with Crippen LogP contribution in [0.5, 0.6) is 11.5 Å². The number of aliphatic carboxylic acids is 1. The molecule has 7 nitrogen and oxygen atoms in total. The first-order chi connectivity index (χ1) is 16.7. The van der Waals surface area contributed by atoms with E-state index < -0.39 is 5.97 Å². The number of ether oxygens (including phenoxy) is 2. The van der Waals surface area contributed by atoms with Crippen LogP contribution in [0.3, 0.4) is 0 Å². The van der Waals surface area contributed by atoms with Gasteiger partial charge in [-0.1, -0.05) is 37.1 Å². The molecule has 0 fully saturated rings. The van der Waals surface area contributed by atoms with Crippen LogP contribution in [-0.4, -0.2) is 34.3 Å². The van der Waals surface area contributed by atoms with Crippen molar-refractivity contribution in [1.82, 2.24) is 9.97 Å². The van der Waals surface area contributed by atoms with Crippen LogP contribution in [-0.2, 0) is 17.8 Å². The predicted molar refractivity (Wildman–Crippen MR) is 134 cm³/mol. The molecule has 0 radical (unpaired) electrons. The molecule has 0 aliphatic carbocycles. The van der Waals surface area contributed by atoms with Crippen LogP contribution in [0, 0.1) is 0 Å². The van der Waals surface area contributed by atoms with E-state index in [0.717, 1.165) is 70.0 Å². The van der Waals surface area contributed by atoms with Gasteiger partial charge in [0.2, 0.25) is 0 Å². The molecule has 0 spiro atoms. The third-order valence-corrected chi connectivity index (χ3v) is 6.96. The van der Waals surface area contributed by atoms with Gasteiger partial charge in [0.25, 0.3) is 0 Å². The average Bonchev–Trinajstić information content (AvgIpc) is 3.23. The van der Waals surface area contributed by atoms with Crippen LogP contribution in [0.2, 0.25) is 0 Å². The van der Waals surface area contributed by atoms with Gasteiger partial charge in [0, 0.05) is 29.5 Å². The number of benzene rings is 2. The van der Waals surface area contributed by atoms with Crippen LogP contribution in [0.15, 0.2) is 42.5 Å². The number of aryl methyl sites for hydroxylation is 1. The second-order valence-electron chi connectivity index (χ2n) is 8.41. The molecule has 8 heteroatoms. The lowest BCUT2D eigenvalue weighted by molar-refractivity contribution is -0.137. The van der Waals surface area contributed by atoms with Gasteiger partial charge in [-0.15, -0.1) is 11.3 Å². The topological polar surface area (TPSA) is 93.6 Å². The van der Waals surface area contributed by atoms with Crippen molar-refractivity contribution in [3.63, 3.8) is 0 Å². The zero-order valence-electron chi connectivity index (χ0n) is 18.9. The minimum Gasteiger partial charge on any atom is -0.486 e. The Bertz CT molecular complexity index is 1320. The minimum absolute atomic E-state index is 0.234. The van der Waals surface area contributed by atoms with Crippen molar-refractivity contribution < 1.29 is 19.4 Å². The zero-order chi connectivity index (χ0) is 23.3. The van der Waals surface area contributed by atoms with Gasteiger partial charge in [0.05, 0.1) is 5.39 Å². The summed E-state index contributed by atoms with van der Waals surface area (Å²) in [5.41, 5.74) is 1.09. The monoisotopic (exact) mass is 477 g/mol. The molecule has 0 bridgehead atoms. The van der Waals surface area contributed by atoms with Crippen molar-refractivity contribution in [3.8, 4) is 11.5 Å². The molecule has 34 heavy (non-hydrogen) atoms. The molecule has 0 unspecified atom stereocenters. The maximum atomic E-state index is 10.7. The summed E-state index contributed by atoms with van der Waals surface area (Å²) >= 11 is 1.69. The van der Waals surface area contributed by atoms with Crippen LogP contribution in [0.1, 0.15) is 43.5 Å². The molecule has 2 aromatic carbocycles. The molecular weight excluding hydrogens is 450 g/mol. The summed E-state index contributed by atoms with van der Waals surface area (Å²) in [7, 11) is 0. The number of nitrogens with one attached hydrogen (secondary N) is 1. The van der Waals surface area contributed by atoms with E-state index in [1.165, 1.54) is 4.70 Å². The molecule has 5 rings (SSSR count). The number of carboxylic acid groups (broad SMARTS) is 1. The van der Waals surface area contributed by atoms with Gasteiger partial charge in [-0.2, -0.15) is 0 Å². The summed E-state index contributed by atoms with van der Waals surface area (Å²) in [4.78, 5) is 21.4. The molecule has 0 amide bonds. The normalized spacial score (nSPS) is 12.8. The Balaban J connectivity index is 1.35. The number of rotatable bonds is 10. The Labute approximate surface area is 201 Å². The number of aromatic nitrogens is 2. The number of carbonyl (C=O) groups is 1. The van der Waals surface area contributed by atoms with Gasteiger partial charge in [-0.3, -0.25) is 4.79 Å². The molecular formula is C26H27N3O4S. The Morgan fingerprint density at radius 1 is 1.00 bits per heavy atom. The van der Waals surface area contributed by atoms with Crippen LogP contribution < -0.4 is 14.8 Å². The Kier molecular flexibility index (Phi) is 6.76. The smallest absolute Gasteiger partial charge is 0.303 e. The number of thiophene rings is 1. The van der Waals surface area contributed by atoms with E-state index >= 15 is 0 Å². The first-order valence-electron chi connectivity index (χ1n) is 11.7. The first-order valence-corrected chi connectivity index (χ1v) is 12.5. The largest absolute Gasteiger partial charge is 0.486 e. The highest BCUT2D eigenvalue weighted by molar-refractivity contribution is 7.25. The molecule has 1 aliphatic rings. The van der Waals surface area contributed by atoms with Gasteiger partial charge in [-0.05, 0) is 36.6 Å². The molecule has 0 saturated carbocycles. The number of hydrogen-bond acceptors (Lipinski definition) is 7. The Morgan fingerprint density at radius 3 is 2.71 bits per heavy atom. The van der Waals surface area contributed by atoms with E-state index in [2.05, 4.69) is 17.4 Å². The molecule has 2 N–H and O–H groups in total. The van der Waals surface area contributed by atoms with E-state index in [0.29, 0.717) is 26.2 Å². The molecule has 3 heterocycles. The third-order valence-electron chi connectivity index (χ3n) is 5.89. The van der Waals surface area contributed by atoms with Gasteiger partial charge in [0.15, 0.2) is 11.5 Å². The van der Waals surface area contributed by atoms with Crippen molar-refractivity contribution >= 4 is 43.4 Å². The highest BCUT2D eigenvalue weighted by atomic mass is 32.1. The summed E-state index contributed by atoms with van der Waals surface area (Å²) < 4.78 is 12.6. The molecule has 0 atom stereocenters. The fourth-order valence-corrected chi connectivity index (χ4v) is 5.30. The molecule has 4 aromatic rings. The minimum atomic E-state index is -0.729. The number of hydrogen-bond donors (Lipinski definition) is 2. The number of unbranched alkanes of at least 4 members (excludes halogenated alkanes) is 3. The second kappa shape index (κ2) is 10.3. The summed E-state index contributed by atoms with van der Waals surface area (Å²) in [6.07, 6.45) is 4.55. The van der Waals surface area contributed by atoms with Crippen LogP contribution in [0.4, 0.5) is 5.82 Å². The summed E-state index contributed by atoms with van der Waals surface area (Å²) in [6.45, 7) is 1.76. The number of fused-ring (bicyclic) bond motifs is 4. The van der Waals surface area contributed by atoms with Gasteiger partial charge >= 0.3 is 5.97 Å². The third kappa shape index (κ3) is 5.07. The van der Waals surface area contributed by atoms with E-state index in [1.807, 2.05) is 30.3 Å². The maximum Gasteiger partial charge on any atom is 0.303 e. The lowest BCUT2D eigenvalue weighted by atomic mass is 10.1. The van der Waals surface area contributed by atoms with E-state index in [1.54, 1.807) is 11.3 Å². The maximum absolute atomic E-state index is 10.7. The van der Waals surface area contributed by atoms with E-state index in [4.69, 9.17) is 24.5 Å². The van der Waals surface area contributed by atoms with Crippen molar-refractivity contribution in [2.75, 3.05) is 18.5 Å². The highest BCUT2D eigenvalue weighted by Gasteiger charge is 2.15. The standard InChI is InChI=1S/C26H27N3O4S/c30-23(31)10-4-2-1-3-9-22-28-25(24-18-7-5-6-8-21(18)34-26(24)29-22)27-16-17-11-12-19-20(15-17)33-14-13-32-19/h5-8,11-12,15H,1-4,9-10,13-14,16H2,(H,30,31)(H,27,28,29). The first kappa shape index (κ1) is 22.4. The molecule has 0 saturated heterocycles. The predicted octanol–water partition coefficient (Wildman–Crippen LogP) is 5.81. The van der Waals surface area contributed by atoms with E-state index in [-0.39, 0.29) is 6.42 Å². The number of anilines is 1.